The Morgan fingerprint density at radius 2 is 0.691 bits per heavy atom. The Kier molecular flexibility index (Phi) is 22.6. The van der Waals surface area contributed by atoms with E-state index in [2.05, 4.69) is 36.4 Å². The van der Waals surface area contributed by atoms with Crippen molar-refractivity contribution < 1.29 is 61.0 Å². The summed E-state index contributed by atoms with van der Waals surface area (Å²) in [5, 5.41) is 67.3. The van der Waals surface area contributed by atoms with Crippen molar-refractivity contribution in [2.24, 2.45) is 38.9 Å². The molecule has 9 aromatic rings. The van der Waals surface area contributed by atoms with Crippen LogP contribution in [0, 0.1) is 72.5 Å². The maximum Gasteiger partial charge on any atom is 3.00 e. The summed E-state index contributed by atoms with van der Waals surface area (Å²) < 4.78 is 24.2. The molecule has 0 aliphatic heterocycles. The molecule has 485 valence electrons. The van der Waals surface area contributed by atoms with Gasteiger partial charge >= 0.3 is 17.1 Å². The molecule has 6 atom stereocenters. The predicted molar refractivity (Wildman–Crippen MR) is 355 cm³/mol. The molecule has 22 heteroatoms. The van der Waals surface area contributed by atoms with Crippen molar-refractivity contribution in [3.05, 3.63) is 188 Å². The number of hydrogen-bond acceptors (Lipinski definition) is 12. The van der Waals surface area contributed by atoms with Crippen molar-refractivity contribution in [2.75, 3.05) is 0 Å². The molecule has 94 heavy (non-hydrogen) atoms. The molecule has 6 aromatic carbocycles. The summed E-state index contributed by atoms with van der Waals surface area (Å²) in [6.45, 7) is 5.97. The minimum absolute atomic E-state index is 0. The molecule has 3 heterocycles. The number of carbonyl (C=O) groups excluding carboxylic acids is 3. The van der Waals surface area contributed by atoms with Crippen molar-refractivity contribution in [2.45, 2.75) is 116 Å². The van der Waals surface area contributed by atoms with E-state index < -0.39 is 35.7 Å². The minimum atomic E-state index is -1.03. The van der Waals surface area contributed by atoms with Crippen LogP contribution in [0.25, 0.3) is 32.7 Å². The molecule has 0 spiro atoms. The van der Waals surface area contributed by atoms with Crippen molar-refractivity contribution in [1.82, 2.24) is 13.7 Å². The van der Waals surface area contributed by atoms with Gasteiger partial charge in [0.15, 0.2) is 0 Å². The standard InChI is InChI=1S/3C24H22Cl2N2O3.Fe/c3*1-13-7-14(12-27)8-21-18(13)10-16(28(21)2)11-19-20(25)5-6-22(23(19)26)31-17-4-3-15(9-17)24(29)30;/h3*5-8,10,15,17H,3-4,9,11H2,1-2H3,(H,29,30);/q;;;+3/p-3. The molecular formula is C72H63Cl6FeN6O9. The normalized spacial score (nSPS) is 18.1. The quantitative estimate of drug-likeness (QED) is 0.0872. The van der Waals surface area contributed by atoms with E-state index in [1.807, 2.05) is 92.0 Å². The fraction of sp³-hybridized carbons (Fsp3) is 0.333. The van der Waals surface area contributed by atoms with E-state index in [1.165, 1.54) is 0 Å². The van der Waals surface area contributed by atoms with Crippen LogP contribution in [0.15, 0.2) is 91.0 Å². The zero-order valence-corrected chi connectivity index (χ0v) is 57.7. The van der Waals surface area contributed by atoms with Gasteiger partial charge in [-0.15, -0.1) is 0 Å². The number of nitriles is 3. The molecular weight excluding hydrogens is 1360 g/mol. The van der Waals surface area contributed by atoms with Gasteiger partial charge in [0.2, 0.25) is 0 Å². The molecule has 3 aliphatic carbocycles. The number of aromatic nitrogens is 3. The van der Waals surface area contributed by atoms with Crippen LogP contribution in [-0.4, -0.2) is 49.9 Å². The number of fused-ring (bicyclic) bond motifs is 3. The minimum Gasteiger partial charge on any atom is -0.550 e. The number of nitrogens with zero attached hydrogens (tertiary/aromatic N) is 6. The van der Waals surface area contributed by atoms with Gasteiger partial charge in [-0.25, -0.2) is 0 Å². The van der Waals surface area contributed by atoms with Gasteiger partial charge in [-0.2, -0.15) is 15.8 Å². The first-order valence-corrected chi connectivity index (χ1v) is 32.6. The van der Waals surface area contributed by atoms with Crippen molar-refractivity contribution in [3.63, 3.8) is 0 Å². The maximum atomic E-state index is 11.1. The summed E-state index contributed by atoms with van der Waals surface area (Å²) in [5.41, 5.74) is 13.2. The van der Waals surface area contributed by atoms with Crippen LogP contribution >= 0.6 is 69.6 Å². The maximum absolute atomic E-state index is 11.1. The monoisotopic (exact) mass is 1420 g/mol. The molecule has 12 rings (SSSR count). The SMILES string of the molecule is Cc1cc(C#N)cc2c1cc(Cc1c(Cl)ccc(OC3CCC(C(=O)[O-])C3)c1Cl)n2C.Cc1cc(C#N)cc2c1cc(Cc1c(Cl)ccc(OC3CCC(C(=O)[O-])C3)c1Cl)n2C.Cc1cc(C#N)cc2c1cc(Cc1c(Cl)ccc(OC3CCC(C(=O)[O-])C3)c1Cl)n2C.[Fe+3]. The Hall–Kier alpha value is -7.52. The molecule has 3 saturated carbocycles. The zero-order chi connectivity index (χ0) is 66.9. The third-order valence-corrected chi connectivity index (χ3v) is 20.7. The first-order valence-electron chi connectivity index (χ1n) is 30.3. The Morgan fingerprint density at radius 3 is 0.915 bits per heavy atom. The van der Waals surface area contributed by atoms with E-state index in [-0.39, 0.29) is 35.4 Å². The van der Waals surface area contributed by atoms with Gasteiger partial charge < -0.3 is 57.6 Å². The second-order valence-electron chi connectivity index (χ2n) is 24.3. The van der Waals surface area contributed by atoms with Gasteiger partial charge in [-0.3, -0.25) is 0 Å². The number of hydrogen-bond donors (Lipinski definition) is 0. The van der Waals surface area contributed by atoms with Crippen LogP contribution in [0.1, 0.15) is 125 Å². The van der Waals surface area contributed by atoms with E-state index in [0.29, 0.717) is 141 Å². The molecule has 6 unspecified atom stereocenters. The molecule has 3 aromatic heterocycles. The van der Waals surface area contributed by atoms with E-state index in [1.54, 1.807) is 36.4 Å². The Morgan fingerprint density at radius 1 is 0.436 bits per heavy atom. The number of carboxylic acids is 3. The number of halogens is 6. The summed E-state index contributed by atoms with van der Waals surface area (Å²) >= 11 is 39.5. The van der Waals surface area contributed by atoms with Crippen LogP contribution in [0.3, 0.4) is 0 Å². The van der Waals surface area contributed by atoms with Crippen molar-refractivity contribution in [1.29, 1.82) is 15.8 Å². The molecule has 0 N–H and O–H groups in total. The number of aliphatic carboxylic acids is 3. The first-order chi connectivity index (χ1) is 44.3. The van der Waals surface area contributed by atoms with Crippen LogP contribution in [0.2, 0.25) is 30.1 Å². The molecule has 0 bridgehead atoms. The molecule has 15 nitrogen and oxygen atoms in total. The second kappa shape index (κ2) is 30.1. The summed E-state index contributed by atoms with van der Waals surface area (Å²) in [6, 6.07) is 34.6. The summed E-state index contributed by atoms with van der Waals surface area (Å²) in [5.74, 6) is -3.00. The fourth-order valence-electron chi connectivity index (χ4n) is 13.0. The molecule has 0 saturated heterocycles. The smallest absolute Gasteiger partial charge is 0.550 e. The van der Waals surface area contributed by atoms with Gasteiger partial charge in [0.1, 0.15) is 17.2 Å². The number of aryl methyl sites for hydroxylation is 6. The van der Waals surface area contributed by atoms with E-state index in [9.17, 15) is 45.5 Å². The van der Waals surface area contributed by atoms with Crippen molar-refractivity contribution in [3.8, 4) is 35.5 Å². The Balaban J connectivity index is 0.000000165. The van der Waals surface area contributed by atoms with Gasteiger partial charge in [0, 0.05) is 141 Å². The summed E-state index contributed by atoms with van der Waals surface area (Å²) in [4.78, 5) is 33.3. The number of ether oxygens (including phenoxy) is 3. The fourth-order valence-corrected chi connectivity index (χ4v) is 14.7. The average molecular weight is 1420 g/mol. The van der Waals surface area contributed by atoms with Crippen LogP contribution in [0.5, 0.6) is 17.2 Å². The van der Waals surface area contributed by atoms with E-state index >= 15 is 0 Å². The number of carboxylic acid groups (broad SMARTS) is 3. The van der Waals surface area contributed by atoms with Gasteiger partial charge in [-0.05, 0) is 203 Å². The first kappa shape index (κ1) is 70.8. The van der Waals surface area contributed by atoms with Crippen LogP contribution in [0.4, 0.5) is 0 Å². The van der Waals surface area contributed by atoms with Crippen LogP contribution < -0.4 is 29.5 Å². The van der Waals surface area contributed by atoms with E-state index in [4.69, 9.17) is 83.8 Å². The molecule has 3 aliphatic rings. The predicted octanol–water partition coefficient (Wildman–Crippen LogP) is 13.7. The summed E-state index contributed by atoms with van der Waals surface area (Å²) in [6.07, 6.45) is 5.69. The molecule has 1 radical (unpaired) electrons. The average Bonchev–Trinajstić information content (AvgIpc) is 1.79. The third kappa shape index (κ3) is 15.3. The van der Waals surface area contributed by atoms with Crippen LogP contribution in [-0.2, 0) is 71.9 Å². The molecule has 3 fully saturated rings. The summed E-state index contributed by atoms with van der Waals surface area (Å²) in [7, 11) is 5.87. The molecule has 0 amide bonds. The van der Waals surface area contributed by atoms with Crippen molar-refractivity contribution >= 4 is 120 Å². The largest absolute Gasteiger partial charge is 3.00 e. The number of benzene rings is 6. The second-order valence-corrected chi connectivity index (χ2v) is 26.7. The third-order valence-electron chi connectivity index (χ3n) is 18.4. The Bertz CT molecular complexity index is 4140. The zero-order valence-electron chi connectivity index (χ0n) is 52.1. The van der Waals surface area contributed by atoms with Gasteiger partial charge in [-0.1, -0.05) is 69.6 Å². The number of rotatable bonds is 15. The Labute approximate surface area is 585 Å². The van der Waals surface area contributed by atoms with Gasteiger partial charge in [0.05, 0.1) is 68.3 Å². The number of carbonyl (C=O) groups is 3. The van der Waals surface area contributed by atoms with Gasteiger partial charge in [0.25, 0.3) is 0 Å². The van der Waals surface area contributed by atoms with E-state index in [0.717, 1.165) is 83.2 Å². The topological polar surface area (TPSA) is 234 Å².